The third-order valence-corrected chi connectivity index (χ3v) is 5.31. The lowest BCUT2D eigenvalue weighted by Gasteiger charge is -2.31. The zero-order valence-electron chi connectivity index (χ0n) is 14.7. The number of hydrogen-bond acceptors (Lipinski definition) is 6. The van der Waals surface area contributed by atoms with E-state index in [9.17, 15) is 0 Å². The molecule has 5 rings (SSSR count). The number of aromatic nitrogens is 5. The van der Waals surface area contributed by atoms with Crippen molar-refractivity contribution in [2.45, 2.75) is 6.42 Å². The summed E-state index contributed by atoms with van der Waals surface area (Å²) in [5.74, 6) is 2.75. The van der Waals surface area contributed by atoms with Gasteiger partial charge in [-0.05, 0) is 24.6 Å². The lowest BCUT2D eigenvalue weighted by Crippen LogP contribution is -2.37. The number of aromatic amines is 1. The van der Waals surface area contributed by atoms with E-state index in [1.165, 1.54) is 6.42 Å². The molecule has 1 saturated heterocycles. The van der Waals surface area contributed by atoms with Crippen LogP contribution in [0.2, 0.25) is 10.0 Å². The number of anilines is 3. The second kappa shape index (κ2) is 6.92. The van der Waals surface area contributed by atoms with E-state index in [2.05, 4.69) is 35.1 Å². The third-order valence-electron chi connectivity index (χ3n) is 4.68. The van der Waals surface area contributed by atoms with Gasteiger partial charge in [0, 0.05) is 25.4 Å². The first-order valence-electron chi connectivity index (χ1n) is 8.82. The zero-order chi connectivity index (χ0) is 19.1. The van der Waals surface area contributed by atoms with Gasteiger partial charge in [0.15, 0.2) is 5.82 Å². The van der Waals surface area contributed by atoms with Crippen LogP contribution in [0.5, 0.6) is 0 Å². The molecule has 140 valence electrons. The number of pyridine rings is 1. The topological polar surface area (TPSA) is 82.6 Å². The van der Waals surface area contributed by atoms with Crippen molar-refractivity contribution >= 4 is 51.7 Å². The lowest BCUT2D eigenvalue weighted by atomic mass is 10.2. The van der Waals surface area contributed by atoms with Crippen LogP contribution in [0.4, 0.5) is 17.5 Å². The minimum Gasteiger partial charge on any atom is -0.356 e. The summed E-state index contributed by atoms with van der Waals surface area (Å²) in [4.78, 5) is 23.2. The molecule has 1 aromatic carbocycles. The molecule has 2 N–H and O–H groups in total. The smallest absolute Gasteiger partial charge is 0.159 e. The number of nitrogens with zero attached hydrogens (tertiary/aromatic N) is 5. The van der Waals surface area contributed by atoms with Crippen LogP contribution in [0.3, 0.4) is 0 Å². The summed E-state index contributed by atoms with van der Waals surface area (Å²) in [5.41, 5.74) is 2.16. The molecule has 0 spiro atoms. The summed E-state index contributed by atoms with van der Waals surface area (Å²) in [6, 6.07) is 9.14. The van der Waals surface area contributed by atoms with Crippen LogP contribution in [0, 0.1) is 0 Å². The predicted molar refractivity (Wildman–Crippen MR) is 111 cm³/mol. The summed E-state index contributed by atoms with van der Waals surface area (Å²) >= 11 is 12.7. The zero-order valence-corrected chi connectivity index (χ0v) is 16.2. The molecule has 0 unspecified atom stereocenters. The molecular weight excluding hydrogens is 397 g/mol. The van der Waals surface area contributed by atoms with Gasteiger partial charge in [0.1, 0.15) is 29.3 Å². The van der Waals surface area contributed by atoms with Gasteiger partial charge in [0.25, 0.3) is 0 Å². The first-order valence-corrected chi connectivity index (χ1v) is 9.58. The minimum absolute atomic E-state index is 0.531. The molecule has 0 bridgehead atoms. The molecule has 1 aliphatic rings. The SMILES string of the molecule is Clc1cccc(Cl)c1-c1nc2c(Nc3cc(N4CCC4)ncn3)nccc2[nH]1. The molecule has 0 saturated carbocycles. The van der Waals surface area contributed by atoms with Crippen LogP contribution in [0.25, 0.3) is 22.4 Å². The quantitative estimate of drug-likeness (QED) is 0.507. The molecule has 4 aromatic rings. The molecule has 7 nitrogen and oxygen atoms in total. The molecule has 3 aromatic heterocycles. The Morgan fingerprint density at radius 3 is 2.61 bits per heavy atom. The first-order chi connectivity index (χ1) is 13.7. The Bertz CT molecular complexity index is 1150. The van der Waals surface area contributed by atoms with Crippen LogP contribution in [0.1, 0.15) is 6.42 Å². The average Bonchev–Trinajstić information content (AvgIpc) is 3.05. The van der Waals surface area contributed by atoms with Gasteiger partial charge in [-0.2, -0.15) is 0 Å². The Hall–Kier alpha value is -2.90. The van der Waals surface area contributed by atoms with Crippen molar-refractivity contribution in [3.05, 3.63) is 52.9 Å². The molecule has 1 aliphatic heterocycles. The van der Waals surface area contributed by atoms with Crippen molar-refractivity contribution in [2.24, 2.45) is 0 Å². The molecule has 1 fully saturated rings. The summed E-state index contributed by atoms with van der Waals surface area (Å²) in [7, 11) is 0. The molecule has 28 heavy (non-hydrogen) atoms. The molecule has 9 heteroatoms. The number of hydrogen-bond donors (Lipinski definition) is 2. The van der Waals surface area contributed by atoms with E-state index in [0.717, 1.165) is 24.4 Å². The first kappa shape index (κ1) is 17.2. The second-order valence-electron chi connectivity index (χ2n) is 6.46. The molecule has 0 amide bonds. The fourth-order valence-corrected chi connectivity index (χ4v) is 3.70. The summed E-state index contributed by atoms with van der Waals surface area (Å²) < 4.78 is 0. The number of imidazole rings is 1. The highest BCUT2D eigenvalue weighted by molar-refractivity contribution is 6.39. The number of benzene rings is 1. The van der Waals surface area contributed by atoms with Crippen molar-refractivity contribution in [3.8, 4) is 11.4 Å². The van der Waals surface area contributed by atoms with Crippen LogP contribution in [-0.4, -0.2) is 38.0 Å². The number of halogens is 2. The van der Waals surface area contributed by atoms with E-state index in [-0.39, 0.29) is 0 Å². The Labute approximate surface area is 170 Å². The summed E-state index contributed by atoms with van der Waals surface area (Å²) in [6.07, 6.45) is 4.45. The standard InChI is InChI=1S/C19H15Cl2N7/c20-11-3-1-4-12(21)16(11)18-25-13-5-6-22-19(17(13)27-18)26-14-9-15(24-10-23-14)28-7-2-8-28/h1,3-6,9-10H,2,7-8H2,(H,25,27)(H,22,23,24,26). The van der Waals surface area contributed by atoms with Crippen LogP contribution in [-0.2, 0) is 0 Å². The van der Waals surface area contributed by atoms with E-state index < -0.39 is 0 Å². The van der Waals surface area contributed by atoms with Gasteiger partial charge >= 0.3 is 0 Å². The van der Waals surface area contributed by atoms with Crippen LogP contribution < -0.4 is 10.2 Å². The highest BCUT2D eigenvalue weighted by Gasteiger charge is 2.18. The van der Waals surface area contributed by atoms with Gasteiger partial charge in [0.05, 0.1) is 21.1 Å². The van der Waals surface area contributed by atoms with Gasteiger partial charge < -0.3 is 15.2 Å². The maximum absolute atomic E-state index is 6.33. The average molecular weight is 412 g/mol. The van der Waals surface area contributed by atoms with Gasteiger partial charge in [-0.3, -0.25) is 0 Å². The Balaban J connectivity index is 1.53. The van der Waals surface area contributed by atoms with E-state index in [1.54, 1.807) is 30.7 Å². The van der Waals surface area contributed by atoms with Gasteiger partial charge in [-0.1, -0.05) is 29.3 Å². The van der Waals surface area contributed by atoms with E-state index >= 15 is 0 Å². The van der Waals surface area contributed by atoms with Crippen LogP contribution in [0.15, 0.2) is 42.9 Å². The Kier molecular flexibility index (Phi) is 4.26. The Morgan fingerprint density at radius 2 is 1.86 bits per heavy atom. The normalized spacial score (nSPS) is 13.6. The van der Waals surface area contributed by atoms with Gasteiger partial charge in [0.2, 0.25) is 0 Å². The van der Waals surface area contributed by atoms with Crippen molar-refractivity contribution in [2.75, 3.05) is 23.3 Å². The fourth-order valence-electron chi connectivity index (χ4n) is 3.12. The highest BCUT2D eigenvalue weighted by Crippen LogP contribution is 2.35. The van der Waals surface area contributed by atoms with Gasteiger partial charge in [-0.25, -0.2) is 19.9 Å². The molecular formula is C19H15Cl2N7. The maximum atomic E-state index is 6.33. The van der Waals surface area contributed by atoms with Crippen molar-refractivity contribution in [1.82, 2.24) is 24.9 Å². The van der Waals surface area contributed by atoms with Gasteiger partial charge in [-0.15, -0.1) is 0 Å². The monoisotopic (exact) mass is 411 g/mol. The van der Waals surface area contributed by atoms with E-state index in [0.29, 0.717) is 38.6 Å². The third kappa shape index (κ3) is 3.02. The lowest BCUT2D eigenvalue weighted by molar-refractivity contribution is 0.609. The molecule has 4 heterocycles. The van der Waals surface area contributed by atoms with E-state index in [4.69, 9.17) is 23.2 Å². The maximum Gasteiger partial charge on any atom is 0.159 e. The number of fused-ring (bicyclic) bond motifs is 1. The molecule has 0 aliphatic carbocycles. The number of H-pyrrole nitrogens is 1. The van der Waals surface area contributed by atoms with Crippen LogP contribution >= 0.6 is 23.2 Å². The Morgan fingerprint density at radius 1 is 1.04 bits per heavy atom. The van der Waals surface area contributed by atoms with Crippen molar-refractivity contribution < 1.29 is 0 Å². The minimum atomic E-state index is 0.531. The van der Waals surface area contributed by atoms with E-state index in [1.807, 2.05) is 12.1 Å². The number of nitrogens with one attached hydrogen (secondary N) is 2. The molecule has 0 radical (unpaired) electrons. The van der Waals surface area contributed by atoms with Crippen molar-refractivity contribution in [1.29, 1.82) is 0 Å². The van der Waals surface area contributed by atoms with Crippen molar-refractivity contribution in [3.63, 3.8) is 0 Å². The summed E-state index contributed by atoms with van der Waals surface area (Å²) in [5, 5.41) is 4.31. The molecule has 0 atom stereocenters. The largest absolute Gasteiger partial charge is 0.356 e. The predicted octanol–water partition coefficient (Wildman–Crippen LogP) is 4.68. The second-order valence-corrected chi connectivity index (χ2v) is 7.28. The number of rotatable bonds is 4. The summed E-state index contributed by atoms with van der Waals surface area (Å²) in [6.45, 7) is 2.04. The highest BCUT2D eigenvalue weighted by atomic mass is 35.5. The fraction of sp³-hybridized carbons (Fsp3) is 0.158.